The van der Waals surface area contributed by atoms with Crippen LogP contribution in [-0.4, -0.2) is 70.9 Å². The van der Waals surface area contributed by atoms with Crippen molar-refractivity contribution >= 4 is 5.97 Å². The number of aliphatic hydroxyl groups is 1. The van der Waals surface area contributed by atoms with Gasteiger partial charge in [-0.05, 0) is 52.4 Å². The zero-order chi connectivity index (χ0) is 12.5. The van der Waals surface area contributed by atoms with Crippen molar-refractivity contribution in [3.8, 4) is 0 Å². The van der Waals surface area contributed by atoms with Gasteiger partial charge in [0.1, 0.15) is 0 Å². The molecule has 98 valence electrons. The summed E-state index contributed by atoms with van der Waals surface area (Å²) >= 11 is 0. The lowest BCUT2D eigenvalue weighted by Gasteiger charge is -2.43. The number of rotatable bonds is 2. The molecule has 2 saturated heterocycles. The molecule has 0 spiro atoms. The molecular weight excluding hydrogens is 220 g/mol. The molecule has 2 N–H and O–H groups in total. The van der Waals surface area contributed by atoms with Gasteiger partial charge >= 0.3 is 5.97 Å². The van der Waals surface area contributed by atoms with Crippen LogP contribution in [0.3, 0.4) is 0 Å². The molecule has 5 heteroatoms. The topological polar surface area (TPSA) is 64.0 Å². The maximum Gasteiger partial charge on any atom is 0.337 e. The van der Waals surface area contributed by atoms with E-state index in [0.29, 0.717) is 12.5 Å². The third kappa shape index (κ3) is 2.78. The fraction of sp³-hybridized carbons (Fsp3) is 0.917. The van der Waals surface area contributed by atoms with Crippen molar-refractivity contribution in [2.24, 2.45) is 0 Å². The SMILES string of the molecule is CN1CCC(N2CCCC(O)(C(=O)O)C2)CC1. The number of carboxylic acid groups (broad SMARTS) is 1. The second-order valence-corrected chi connectivity index (χ2v) is 5.45. The van der Waals surface area contributed by atoms with E-state index in [-0.39, 0.29) is 6.54 Å². The van der Waals surface area contributed by atoms with Crippen LogP contribution < -0.4 is 0 Å². The van der Waals surface area contributed by atoms with E-state index in [4.69, 9.17) is 5.11 Å². The predicted molar refractivity (Wildman–Crippen MR) is 63.9 cm³/mol. The van der Waals surface area contributed by atoms with Crippen molar-refractivity contribution in [2.75, 3.05) is 33.2 Å². The molecule has 0 bridgehead atoms. The smallest absolute Gasteiger partial charge is 0.337 e. The van der Waals surface area contributed by atoms with Gasteiger partial charge in [-0.1, -0.05) is 0 Å². The third-order valence-corrected chi connectivity index (χ3v) is 4.10. The van der Waals surface area contributed by atoms with Crippen molar-refractivity contribution in [3.63, 3.8) is 0 Å². The lowest BCUT2D eigenvalue weighted by molar-refractivity contribution is -0.165. The Morgan fingerprint density at radius 3 is 2.53 bits per heavy atom. The molecule has 0 amide bonds. The molecule has 0 aliphatic carbocycles. The minimum Gasteiger partial charge on any atom is -0.479 e. The average molecular weight is 242 g/mol. The first-order valence-electron chi connectivity index (χ1n) is 6.40. The Morgan fingerprint density at radius 1 is 1.29 bits per heavy atom. The Bertz CT molecular complexity index is 289. The molecule has 0 radical (unpaired) electrons. The predicted octanol–water partition coefficient (Wildman–Crippen LogP) is -0.00790. The molecule has 1 unspecified atom stereocenters. The van der Waals surface area contributed by atoms with Crippen LogP contribution in [0.4, 0.5) is 0 Å². The Kier molecular flexibility index (Phi) is 3.70. The molecule has 2 aliphatic rings. The molecular formula is C12H22N2O3. The van der Waals surface area contributed by atoms with Gasteiger partial charge in [-0.2, -0.15) is 0 Å². The van der Waals surface area contributed by atoms with E-state index in [1.165, 1.54) is 0 Å². The molecule has 5 nitrogen and oxygen atoms in total. The first-order valence-corrected chi connectivity index (χ1v) is 6.40. The normalized spacial score (nSPS) is 33.8. The second-order valence-electron chi connectivity index (χ2n) is 5.45. The van der Waals surface area contributed by atoms with E-state index in [1.807, 2.05) is 0 Å². The fourth-order valence-electron chi connectivity index (χ4n) is 2.92. The summed E-state index contributed by atoms with van der Waals surface area (Å²) in [6.07, 6.45) is 3.30. The molecule has 2 heterocycles. The van der Waals surface area contributed by atoms with Gasteiger partial charge in [-0.25, -0.2) is 4.79 Å². The molecule has 0 aromatic heterocycles. The van der Waals surface area contributed by atoms with Crippen LogP contribution in [0.5, 0.6) is 0 Å². The zero-order valence-corrected chi connectivity index (χ0v) is 10.4. The summed E-state index contributed by atoms with van der Waals surface area (Å²) in [4.78, 5) is 15.5. The van der Waals surface area contributed by atoms with Gasteiger partial charge in [0.05, 0.1) is 0 Å². The van der Waals surface area contributed by atoms with Gasteiger partial charge < -0.3 is 15.1 Å². The first-order chi connectivity index (χ1) is 8.01. The number of nitrogens with zero attached hydrogens (tertiary/aromatic N) is 2. The molecule has 0 saturated carbocycles. The third-order valence-electron chi connectivity index (χ3n) is 4.10. The number of aliphatic carboxylic acids is 1. The van der Waals surface area contributed by atoms with Gasteiger partial charge in [0.25, 0.3) is 0 Å². The molecule has 2 fully saturated rings. The van der Waals surface area contributed by atoms with Crippen molar-refractivity contribution in [2.45, 2.75) is 37.3 Å². The van der Waals surface area contributed by atoms with Gasteiger partial charge in [0, 0.05) is 12.6 Å². The van der Waals surface area contributed by atoms with Gasteiger partial charge in [-0.15, -0.1) is 0 Å². The molecule has 1 atom stereocenters. The summed E-state index contributed by atoms with van der Waals surface area (Å²) in [5.41, 5.74) is -1.53. The Labute approximate surface area is 102 Å². The van der Waals surface area contributed by atoms with Crippen molar-refractivity contribution in [1.82, 2.24) is 9.80 Å². The quantitative estimate of drug-likeness (QED) is 0.713. The molecule has 17 heavy (non-hydrogen) atoms. The summed E-state index contributed by atoms with van der Waals surface area (Å²) in [5, 5.41) is 19.1. The standard InChI is InChI=1S/C12H22N2O3/c1-13-7-3-10(4-8-13)14-6-2-5-12(17,9-14)11(15)16/h10,17H,2-9H2,1H3,(H,15,16). The monoisotopic (exact) mass is 242 g/mol. The van der Waals surface area contributed by atoms with E-state index in [1.54, 1.807) is 0 Å². The number of carbonyl (C=O) groups is 1. The number of carboxylic acids is 1. The van der Waals surface area contributed by atoms with Crippen LogP contribution >= 0.6 is 0 Å². The number of likely N-dealkylation sites (tertiary alicyclic amines) is 2. The van der Waals surface area contributed by atoms with Crippen LogP contribution in [0.15, 0.2) is 0 Å². The molecule has 2 rings (SSSR count). The summed E-state index contributed by atoms with van der Waals surface area (Å²) in [6.45, 7) is 3.33. The summed E-state index contributed by atoms with van der Waals surface area (Å²) in [7, 11) is 2.11. The largest absolute Gasteiger partial charge is 0.479 e. The number of piperidine rings is 2. The summed E-state index contributed by atoms with van der Waals surface area (Å²) in [6, 6.07) is 0.442. The highest BCUT2D eigenvalue weighted by Gasteiger charge is 2.42. The number of hydrogen-bond acceptors (Lipinski definition) is 4. The zero-order valence-electron chi connectivity index (χ0n) is 10.4. The van der Waals surface area contributed by atoms with Crippen molar-refractivity contribution in [3.05, 3.63) is 0 Å². The van der Waals surface area contributed by atoms with Crippen LogP contribution in [0.1, 0.15) is 25.7 Å². The van der Waals surface area contributed by atoms with E-state index in [2.05, 4.69) is 16.8 Å². The van der Waals surface area contributed by atoms with Crippen molar-refractivity contribution in [1.29, 1.82) is 0 Å². The minimum atomic E-state index is -1.53. The highest BCUT2D eigenvalue weighted by molar-refractivity contribution is 5.77. The lowest BCUT2D eigenvalue weighted by atomic mass is 9.90. The van der Waals surface area contributed by atoms with Gasteiger partial charge in [0.15, 0.2) is 5.60 Å². The highest BCUT2D eigenvalue weighted by Crippen LogP contribution is 2.26. The maximum atomic E-state index is 11.1. The maximum absolute atomic E-state index is 11.1. The molecule has 0 aromatic rings. The van der Waals surface area contributed by atoms with Crippen molar-refractivity contribution < 1.29 is 15.0 Å². The van der Waals surface area contributed by atoms with Crippen LogP contribution in [-0.2, 0) is 4.79 Å². The average Bonchev–Trinajstić information content (AvgIpc) is 2.30. The number of hydrogen-bond donors (Lipinski definition) is 2. The summed E-state index contributed by atoms with van der Waals surface area (Å²) in [5.74, 6) is -1.07. The van der Waals surface area contributed by atoms with E-state index < -0.39 is 11.6 Å². The molecule has 2 aliphatic heterocycles. The van der Waals surface area contributed by atoms with Crippen LogP contribution in [0.2, 0.25) is 0 Å². The Hall–Kier alpha value is -0.650. The number of β-amino-alcohol motifs (C(OH)–C–C–N with tert-alkyl or cyclic N) is 1. The molecule has 0 aromatic carbocycles. The lowest BCUT2D eigenvalue weighted by Crippen LogP contribution is -2.57. The van der Waals surface area contributed by atoms with E-state index in [9.17, 15) is 9.90 Å². The van der Waals surface area contributed by atoms with Gasteiger partial charge in [0.2, 0.25) is 0 Å². The van der Waals surface area contributed by atoms with Crippen LogP contribution in [0.25, 0.3) is 0 Å². The van der Waals surface area contributed by atoms with E-state index in [0.717, 1.165) is 38.9 Å². The highest BCUT2D eigenvalue weighted by atomic mass is 16.4. The second kappa shape index (κ2) is 4.92. The first kappa shape index (κ1) is 12.8. The van der Waals surface area contributed by atoms with E-state index >= 15 is 0 Å². The van der Waals surface area contributed by atoms with Gasteiger partial charge in [-0.3, -0.25) is 4.90 Å². The fourth-order valence-corrected chi connectivity index (χ4v) is 2.92. The summed E-state index contributed by atoms with van der Waals surface area (Å²) < 4.78 is 0. The Balaban J connectivity index is 1.95. The van der Waals surface area contributed by atoms with Crippen LogP contribution in [0, 0.1) is 0 Å². The minimum absolute atomic E-state index is 0.288. The Morgan fingerprint density at radius 2 is 1.94 bits per heavy atom.